The van der Waals surface area contributed by atoms with Crippen LogP contribution in [0.3, 0.4) is 0 Å². The van der Waals surface area contributed by atoms with E-state index in [-0.39, 0.29) is 22.4 Å². The predicted octanol–water partition coefficient (Wildman–Crippen LogP) is 4.92. The van der Waals surface area contributed by atoms with Crippen LogP contribution in [0.25, 0.3) is 44.8 Å². The van der Waals surface area contributed by atoms with E-state index in [1.54, 1.807) is 29.9 Å². The lowest BCUT2D eigenvalue weighted by Crippen LogP contribution is -2.13. The van der Waals surface area contributed by atoms with Crippen molar-refractivity contribution in [1.82, 2.24) is 29.9 Å². The molecule has 0 spiro atoms. The maximum absolute atomic E-state index is 13.6. The van der Waals surface area contributed by atoms with E-state index >= 15 is 0 Å². The number of anilines is 1. The molecule has 0 saturated heterocycles. The van der Waals surface area contributed by atoms with Crippen molar-refractivity contribution in [3.8, 4) is 22.8 Å². The highest BCUT2D eigenvalue weighted by molar-refractivity contribution is 6.29. The summed E-state index contributed by atoms with van der Waals surface area (Å²) in [6, 6.07) is 8.69. The van der Waals surface area contributed by atoms with E-state index in [0.717, 1.165) is 16.5 Å². The number of aromatic amines is 1. The zero-order chi connectivity index (χ0) is 27.4. The molecule has 1 aromatic carbocycles. The van der Waals surface area contributed by atoms with E-state index in [4.69, 9.17) is 16.0 Å². The number of rotatable bonds is 5. The van der Waals surface area contributed by atoms with Gasteiger partial charge in [0.1, 0.15) is 22.2 Å². The Kier molecular flexibility index (Phi) is 5.80. The maximum atomic E-state index is 13.6. The normalized spacial score (nSPS) is 12.3. The average Bonchev–Trinajstić information content (AvgIpc) is 3.50. The van der Waals surface area contributed by atoms with Crippen molar-refractivity contribution in [1.29, 1.82) is 0 Å². The van der Waals surface area contributed by atoms with Gasteiger partial charge in [-0.1, -0.05) is 22.8 Å². The molecule has 6 rings (SSSR count). The van der Waals surface area contributed by atoms with Gasteiger partial charge in [0, 0.05) is 41.5 Å². The van der Waals surface area contributed by atoms with Crippen molar-refractivity contribution in [3.63, 3.8) is 0 Å². The van der Waals surface area contributed by atoms with E-state index in [1.807, 2.05) is 45.3 Å². The van der Waals surface area contributed by atoms with Crippen LogP contribution < -0.4 is 16.5 Å². The maximum Gasteiger partial charge on any atom is 0.439 e. The molecule has 0 aliphatic rings. The lowest BCUT2D eigenvalue weighted by molar-refractivity contribution is 0.388. The SMILES string of the molecule is Cc1cc([C@@H](C)Nc2ccc(Cl)nc2-c2noc(=O)[nH]2)c2oc(-c3cnc4nn(C)cc4c3)c(C)c(=O)c2c1. The van der Waals surface area contributed by atoms with Crippen LogP contribution in [0.4, 0.5) is 5.69 Å². The Morgan fingerprint density at radius 2 is 1.97 bits per heavy atom. The van der Waals surface area contributed by atoms with Gasteiger partial charge in [-0.3, -0.25) is 19.0 Å². The van der Waals surface area contributed by atoms with Crippen LogP contribution in [0.15, 0.2) is 61.3 Å². The van der Waals surface area contributed by atoms with Crippen LogP contribution in [0.5, 0.6) is 0 Å². The summed E-state index contributed by atoms with van der Waals surface area (Å²) in [5, 5.41) is 13.0. The monoisotopic (exact) mass is 543 g/mol. The Morgan fingerprint density at radius 1 is 1.15 bits per heavy atom. The summed E-state index contributed by atoms with van der Waals surface area (Å²) in [5.74, 6) is -0.134. The fourth-order valence-corrected chi connectivity index (χ4v) is 4.84. The molecule has 0 fully saturated rings. The van der Waals surface area contributed by atoms with Crippen LogP contribution in [0, 0.1) is 13.8 Å². The van der Waals surface area contributed by atoms with E-state index in [1.165, 1.54) is 0 Å². The van der Waals surface area contributed by atoms with Crippen molar-refractivity contribution in [2.45, 2.75) is 26.8 Å². The van der Waals surface area contributed by atoms with E-state index in [0.29, 0.717) is 44.9 Å². The molecule has 5 aromatic heterocycles. The van der Waals surface area contributed by atoms with Gasteiger partial charge < -0.3 is 9.73 Å². The zero-order valence-electron chi connectivity index (χ0n) is 21.4. The molecule has 2 N–H and O–H groups in total. The Balaban J connectivity index is 1.49. The Labute approximate surface area is 225 Å². The lowest BCUT2D eigenvalue weighted by Gasteiger charge is -2.20. The van der Waals surface area contributed by atoms with Gasteiger partial charge >= 0.3 is 5.76 Å². The van der Waals surface area contributed by atoms with Gasteiger partial charge in [-0.25, -0.2) is 14.8 Å². The molecule has 5 heterocycles. The molecule has 0 unspecified atom stereocenters. The summed E-state index contributed by atoms with van der Waals surface area (Å²) in [5.41, 5.74) is 4.63. The minimum atomic E-state index is -0.709. The summed E-state index contributed by atoms with van der Waals surface area (Å²) in [4.78, 5) is 36.4. The van der Waals surface area contributed by atoms with Crippen LogP contribution in [0.1, 0.15) is 29.7 Å². The number of halogens is 1. The molecule has 0 saturated carbocycles. The molecule has 0 amide bonds. The van der Waals surface area contributed by atoms with E-state index < -0.39 is 5.76 Å². The Morgan fingerprint density at radius 3 is 2.74 bits per heavy atom. The molecule has 6 aromatic rings. The van der Waals surface area contributed by atoms with Gasteiger partial charge in [0.2, 0.25) is 5.82 Å². The van der Waals surface area contributed by atoms with Crippen molar-refractivity contribution in [2.75, 3.05) is 5.32 Å². The number of nitrogens with one attached hydrogen (secondary N) is 2. The highest BCUT2D eigenvalue weighted by atomic mass is 35.5. The second kappa shape index (κ2) is 9.21. The minimum absolute atomic E-state index is 0.122. The predicted molar refractivity (Wildman–Crippen MR) is 147 cm³/mol. The first kappa shape index (κ1) is 24.6. The van der Waals surface area contributed by atoms with E-state index in [2.05, 4.69) is 35.0 Å². The van der Waals surface area contributed by atoms with Crippen molar-refractivity contribution in [2.24, 2.45) is 7.05 Å². The molecule has 11 nitrogen and oxygen atoms in total. The average molecular weight is 544 g/mol. The smallest absolute Gasteiger partial charge is 0.439 e. The number of hydrogen-bond acceptors (Lipinski definition) is 9. The van der Waals surface area contributed by atoms with Gasteiger partial charge in [-0.05, 0) is 50.6 Å². The minimum Gasteiger partial charge on any atom is -0.455 e. The number of pyridine rings is 2. The summed E-state index contributed by atoms with van der Waals surface area (Å²) in [6.45, 7) is 5.61. The molecule has 0 aliphatic carbocycles. The highest BCUT2D eigenvalue weighted by Crippen LogP contribution is 2.34. The quantitative estimate of drug-likeness (QED) is 0.289. The Bertz CT molecular complexity index is 2020. The fourth-order valence-electron chi connectivity index (χ4n) is 4.70. The van der Waals surface area contributed by atoms with Crippen molar-refractivity contribution >= 4 is 39.3 Å². The first-order valence-electron chi connectivity index (χ1n) is 12.0. The third-order valence-electron chi connectivity index (χ3n) is 6.49. The second-order valence-corrected chi connectivity index (χ2v) is 9.78. The summed E-state index contributed by atoms with van der Waals surface area (Å²) in [7, 11) is 1.83. The van der Waals surface area contributed by atoms with Crippen LogP contribution in [-0.2, 0) is 7.05 Å². The zero-order valence-corrected chi connectivity index (χ0v) is 22.1. The first-order valence-corrected chi connectivity index (χ1v) is 12.4. The third kappa shape index (κ3) is 4.36. The molecule has 0 radical (unpaired) electrons. The van der Waals surface area contributed by atoms with Gasteiger partial charge in [0.05, 0.1) is 17.1 Å². The summed E-state index contributed by atoms with van der Waals surface area (Å²) in [6.07, 6.45) is 3.52. The molecular formula is C27H22ClN7O4. The van der Waals surface area contributed by atoms with Gasteiger partial charge in [-0.15, -0.1) is 0 Å². The van der Waals surface area contributed by atoms with Crippen molar-refractivity contribution < 1.29 is 8.94 Å². The van der Waals surface area contributed by atoms with Gasteiger partial charge in [0.15, 0.2) is 11.1 Å². The largest absolute Gasteiger partial charge is 0.455 e. The fraction of sp³-hybridized carbons (Fsp3) is 0.185. The molecule has 0 bridgehead atoms. The molecular weight excluding hydrogens is 522 g/mol. The third-order valence-corrected chi connectivity index (χ3v) is 6.70. The number of benzene rings is 1. The number of hydrogen-bond donors (Lipinski definition) is 2. The van der Waals surface area contributed by atoms with Crippen molar-refractivity contribution in [3.05, 3.63) is 85.3 Å². The molecule has 196 valence electrons. The number of aromatic nitrogens is 6. The molecule has 12 heteroatoms. The number of fused-ring (bicyclic) bond motifs is 2. The van der Waals surface area contributed by atoms with Crippen LogP contribution in [0.2, 0.25) is 5.15 Å². The Hall–Kier alpha value is -4.77. The van der Waals surface area contributed by atoms with Crippen LogP contribution in [-0.4, -0.2) is 29.9 Å². The summed E-state index contributed by atoms with van der Waals surface area (Å²) < 4.78 is 12.8. The lowest BCUT2D eigenvalue weighted by atomic mass is 9.99. The number of aryl methyl sites for hydroxylation is 2. The topological polar surface area (TPSA) is 145 Å². The summed E-state index contributed by atoms with van der Waals surface area (Å²) >= 11 is 6.12. The van der Waals surface area contributed by atoms with Gasteiger partial charge in [-0.2, -0.15) is 5.10 Å². The highest BCUT2D eigenvalue weighted by Gasteiger charge is 2.21. The first-order chi connectivity index (χ1) is 18.7. The number of nitrogens with zero attached hydrogens (tertiary/aromatic N) is 5. The molecule has 1 atom stereocenters. The van der Waals surface area contributed by atoms with E-state index in [9.17, 15) is 9.59 Å². The molecule has 0 aliphatic heterocycles. The number of H-pyrrole nitrogens is 1. The second-order valence-electron chi connectivity index (χ2n) is 9.40. The van der Waals surface area contributed by atoms with Crippen LogP contribution >= 0.6 is 11.6 Å². The molecule has 39 heavy (non-hydrogen) atoms. The standard InChI is InChI=1S/C27H22ClN7O4/c1-12-7-17(14(3)30-19-5-6-20(28)31-21(19)26-32-27(37)39-34-26)24-18(8-12)22(36)13(2)23(38-24)15-9-16-11-35(4)33-25(16)29-10-15/h5-11,14,30H,1-4H3,(H,32,34,37)/t14-/m1/s1. The van der Waals surface area contributed by atoms with Gasteiger partial charge in [0.25, 0.3) is 0 Å².